The number of benzene rings is 1. The van der Waals surface area contributed by atoms with Crippen LogP contribution < -0.4 is 5.32 Å². The van der Waals surface area contributed by atoms with Gasteiger partial charge in [-0.2, -0.15) is 0 Å². The highest BCUT2D eigenvalue weighted by atomic mass is 16.5. The zero-order chi connectivity index (χ0) is 18.8. The van der Waals surface area contributed by atoms with Crippen molar-refractivity contribution >= 4 is 6.09 Å². The van der Waals surface area contributed by atoms with Crippen LogP contribution in [0, 0.1) is 0 Å². The van der Waals surface area contributed by atoms with Gasteiger partial charge in [-0.15, -0.1) is 0 Å². The Hall–Kier alpha value is -2.07. The van der Waals surface area contributed by atoms with Crippen LogP contribution in [0.4, 0.5) is 4.79 Å². The summed E-state index contributed by atoms with van der Waals surface area (Å²) in [5.74, 6) is 0. The number of allylic oxidation sites excluding steroid dienone is 3. The maximum atomic E-state index is 12.2. The van der Waals surface area contributed by atoms with Crippen molar-refractivity contribution in [2.45, 2.75) is 64.7 Å². The van der Waals surface area contributed by atoms with Crippen LogP contribution in [-0.2, 0) is 16.1 Å². The molecule has 0 fully saturated rings. The van der Waals surface area contributed by atoms with Gasteiger partial charge in [-0.3, -0.25) is 0 Å². The molecule has 1 aromatic rings. The maximum absolute atomic E-state index is 12.2. The van der Waals surface area contributed by atoms with E-state index >= 15 is 0 Å². The molecule has 1 N–H and O–H groups in total. The van der Waals surface area contributed by atoms with Crippen LogP contribution >= 0.6 is 0 Å². The van der Waals surface area contributed by atoms with Crippen molar-refractivity contribution in [2.75, 3.05) is 6.61 Å². The number of alkyl carbamates (subject to hydrolysis) is 1. The van der Waals surface area contributed by atoms with E-state index in [1.165, 1.54) is 18.4 Å². The summed E-state index contributed by atoms with van der Waals surface area (Å²) in [6.45, 7) is 6.68. The Kier molecular flexibility index (Phi) is 7.92. The van der Waals surface area contributed by atoms with Gasteiger partial charge >= 0.3 is 6.09 Å². The molecule has 142 valence electrons. The molecule has 0 radical (unpaired) electrons. The van der Waals surface area contributed by atoms with E-state index in [1.807, 2.05) is 57.2 Å². The minimum atomic E-state index is -0.432. The molecule has 0 saturated carbocycles. The van der Waals surface area contributed by atoms with Crippen LogP contribution in [0.15, 0.2) is 54.1 Å². The largest absolute Gasteiger partial charge is 0.445 e. The van der Waals surface area contributed by atoms with E-state index < -0.39 is 6.09 Å². The van der Waals surface area contributed by atoms with Gasteiger partial charge in [0, 0.05) is 0 Å². The van der Waals surface area contributed by atoms with Crippen LogP contribution in [0.2, 0.25) is 0 Å². The second-order valence-electron chi connectivity index (χ2n) is 7.62. The topological polar surface area (TPSA) is 47.6 Å². The molecule has 1 aliphatic carbocycles. The molecule has 4 heteroatoms. The van der Waals surface area contributed by atoms with E-state index in [0.717, 1.165) is 18.4 Å². The van der Waals surface area contributed by atoms with Gasteiger partial charge in [0.2, 0.25) is 0 Å². The quantitative estimate of drug-likeness (QED) is 0.734. The van der Waals surface area contributed by atoms with E-state index in [1.54, 1.807) is 0 Å². The molecule has 26 heavy (non-hydrogen) atoms. The Morgan fingerprint density at radius 2 is 2.00 bits per heavy atom. The van der Waals surface area contributed by atoms with Crippen LogP contribution in [0.3, 0.4) is 0 Å². The summed E-state index contributed by atoms with van der Waals surface area (Å²) in [7, 11) is 0. The van der Waals surface area contributed by atoms with Gasteiger partial charge < -0.3 is 14.8 Å². The van der Waals surface area contributed by atoms with Crippen LogP contribution in [0.5, 0.6) is 0 Å². The van der Waals surface area contributed by atoms with Crippen molar-refractivity contribution in [3.05, 3.63) is 59.7 Å². The third-order valence-corrected chi connectivity index (χ3v) is 4.08. The number of ether oxygens (including phenoxy) is 2. The van der Waals surface area contributed by atoms with E-state index in [0.29, 0.717) is 6.61 Å². The number of carbonyl (C=O) groups excluding carboxylic acids is 1. The number of hydrogen-bond donors (Lipinski definition) is 1. The van der Waals surface area contributed by atoms with E-state index in [9.17, 15) is 4.79 Å². The summed E-state index contributed by atoms with van der Waals surface area (Å²) >= 11 is 0. The Morgan fingerprint density at radius 1 is 1.23 bits per heavy atom. The first-order valence-corrected chi connectivity index (χ1v) is 9.41. The third kappa shape index (κ3) is 8.34. The molecule has 0 unspecified atom stereocenters. The normalized spacial score (nSPS) is 16.2. The Labute approximate surface area is 157 Å². The van der Waals surface area contributed by atoms with Gasteiger partial charge in [0.15, 0.2) is 0 Å². The molecule has 0 saturated heterocycles. The van der Waals surface area contributed by atoms with Crippen molar-refractivity contribution in [2.24, 2.45) is 0 Å². The molecule has 0 aromatic heterocycles. The van der Waals surface area contributed by atoms with E-state index in [4.69, 9.17) is 9.47 Å². The number of carbonyl (C=O) groups is 1. The molecule has 1 amide bonds. The second-order valence-corrected chi connectivity index (χ2v) is 7.62. The Bertz CT molecular complexity index is 614. The SMILES string of the molecule is CC(C)(C)OC[C@H](/C=C/C1=CCCCC1)NC(=O)OCc1ccccc1. The molecule has 1 atom stereocenters. The highest BCUT2D eigenvalue weighted by Crippen LogP contribution is 2.18. The lowest BCUT2D eigenvalue weighted by Gasteiger charge is -2.23. The van der Waals surface area contributed by atoms with Gasteiger partial charge in [0.05, 0.1) is 18.2 Å². The molecule has 0 spiro atoms. The summed E-state index contributed by atoms with van der Waals surface area (Å²) in [5, 5.41) is 2.90. The van der Waals surface area contributed by atoms with Crippen LogP contribution in [0.1, 0.15) is 52.0 Å². The first-order valence-electron chi connectivity index (χ1n) is 9.41. The highest BCUT2D eigenvalue weighted by molar-refractivity contribution is 5.68. The smallest absolute Gasteiger partial charge is 0.408 e. The maximum Gasteiger partial charge on any atom is 0.408 e. The minimum absolute atomic E-state index is 0.222. The van der Waals surface area contributed by atoms with Crippen molar-refractivity contribution in [3.63, 3.8) is 0 Å². The van der Waals surface area contributed by atoms with Gasteiger partial charge in [-0.1, -0.05) is 54.1 Å². The van der Waals surface area contributed by atoms with Gasteiger partial charge in [0.25, 0.3) is 0 Å². The van der Waals surface area contributed by atoms with Crippen molar-refractivity contribution in [1.29, 1.82) is 0 Å². The summed E-state index contributed by atoms with van der Waals surface area (Å²) in [4.78, 5) is 12.2. The van der Waals surface area contributed by atoms with E-state index in [2.05, 4.69) is 17.5 Å². The third-order valence-electron chi connectivity index (χ3n) is 4.08. The molecule has 4 nitrogen and oxygen atoms in total. The molecule has 2 rings (SSSR count). The first-order chi connectivity index (χ1) is 12.4. The lowest BCUT2D eigenvalue weighted by molar-refractivity contribution is -0.00918. The second kappa shape index (κ2) is 10.2. The average Bonchev–Trinajstić information content (AvgIpc) is 2.63. The first kappa shape index (κ1) is 20.2. The number of nitrogens with one attached hydrogen (secondary N) is 1. The minimum Gasteiger partial charge on any atom is -0.445 e. The predicted octanol–water partition coefficient (Wildman–Crippen LogP) is 5.15. The molecule has 1 aliphatic rings. The fourth-order valence-electron chi connectivity index (χ4n) is 2.66. The fourth-order valence-corrected chi connectivity index (χ4v) is 2.66. The summed E-state index contributed by atoms with van der Waals surface area (Å²) in [6.07, 6.45) is 10.7. The number of amides is 1. The average molecular weight is 357 g/mol. The highest BCUT2D eigenvalue weighted by Gasteiger charge is 2.16. The van der Waals surface area contributed by atoms with Crippen molar-refractivity contribution in [1.82, 2.24) is 5.32 Å². The van der Waals surface area contributed by atoms with Crippen molar-refractivity contribution in [3.8, 4) is 0 Å². The summed E-state index contributed by atoms with van der Waals surface area (Å²) < 4.78 is 11.2. The lowest BCUT2D eigenvalue weighted by atomic mass is 9.99. The summed E-state index contributed by atoms with van der Waals surface area (Å²) in [6, 6.07) is 9.44. The Morgan fingerprint density at radius 3 is 2.65 bits per heavy atom. The zero-order valence-electron chi connectivity index (χ0n) is 16.2. The van der Waals surface area contributed by atoms with Crippen LogP contribution in [-0.4, -0.2) is 24.3 Å². The Balaban J connectivity index is 1.90. The number of rotatable bonds is 7. The fraction of sp³-hybridized carbons (Fsp3) is 0.500. The molecule has 0 heterocycles. The zero-order valence-corrected chi connectivity index (χ0v) is 16.2. The van der Waals surface area contributed by atoms with Gasteiger partial charge in [-0.05, 0) is 52.0 Å². The van der Waals surface area contributed by atoms with Gasteiger partial charge in [-0.25, -0.2) is 4.79 Å². The molecular formula is C22H31NO3. The van der Waals surface area contributed by atoms with Crippen molar-refractivity contribution < 1.29 is 14.3 Å². The molecular weight excluding hydrogens is 326 g/mol. The van der Waals surface area contributed by atoms with E-state index in [-0.39, 0.29) is 18.2 Å². The molecule has 0 bridgehead atoms. The molecule has 1 aromatic carbocycles. The summed E-state index contributed by atoms with van der Waals surface area (Å²) in [5.41, 5.74) is 2.04. The standard InChI is InChI=1S/C22H31NO3/c1-22(2,3)26-17-20(15-14-18-10-6-4-7-11-18)23-21(24)25-16-19-12-8-5-9-13-19/h5,8-10,12-15,20H,4,6-7,11,16-17H2,1-3H3,(H,23,24)/b15-14+/t20-/m0/s1. The monoisotopic (exact) mass is 357 g/mol. The van der Waals surface area contributed by atoms with Crippen LogP contribution in [0.25, 0.3) is 0 Å². The predicted molar refractivity (Wildman–Crippen MR) is 105 cm³/mol. The molecule has 0 aliphatic heterocycles. The lowest BCUT2D eigenvalue weighted by Crippen LogP contribution is -2.39. The van der Waals surface area contributed by atoms with Gasteiger partial charge in [0.1, 0.15) is 6.61 Å². The number of hydrogen-bond acceptors (Lipinski definition) is 3.